The van der Waals surface area contributed by atoms with E-state index >= 15 is 0 Å². The van der Waals surface area contributed by atoms with Crippen LogP contribution in [0.3, 0.4) is 0 Å². The quantitative estimate of drug-likeness (QED) is 0.328. The van der Waals surface area contributed by atoms with Crippen molar-refractivity contribution in [1.29, 1.82) is 0 Å². The second-order valence-corrected chi connectivity index (χ2v) is 6.99. The molecule has 0 aliphatic heterocycles. The van der Waals surface area contributed by atoms with Gasteiger partial charge in [-0.2, -0.15) is 0 Å². The van der Waals surface area contributed by atoms with Crippen LogP contribution >= 0.6 is 0 Å². The topological polar surface area (TPSA) is 74.6 Å². The number of carboxylic acids is 2. The van der Waals surface area contributed by atoms with Crippen molar-refractivity contribution in [3.8, 4) is 0 Å². The molecule has 128 valence electrons. The van der Waals surface area contributed by atoms with Crippen molar-refractivity contribution in [3.63, 3.8) is 0 Å². The first kappa shape index (κ1) is 24.5. The fraction of sp³-hybridized carbons (Fsp3) is 0.882. The molecular weight excluding hydrogens is 308 g/mol. The molecule has 0 bridgehead atoms. The molecule has 0 aliphatic carbocycles. The van der Waals surface area contributed by atoms with E-state index in [1.807, 2.05) is 0 Å². The number of hydrogen-bond donors (Lipinski definition) is 2. The molecule has 0 fully saturated rings. The normalized spacial score (nSPS) is 11.8. The van der Waals surface area contributed by atoms with E-state index in [4.69, 9.17) is 0 Å². The minimum Gasteiger partial charge on any atom is -1.00 e. The summed E-state index contributed by atoms with van der Waals surface area (Å²) in [5.74, 6) is -2.43. The number of carboxylic acid groups (broad SMARTS) is 2. The molecule has 2 N–H and O–H groups in total. The Labute approximate surface area is 168 Å². The van der Waals surface area contributed by atoms with Gasteiger partial charge in [0.25, 0.3) is 0 Å². The summed E-state index contributed by atoms with van der Waals surface area (Å²) in [4.78, 5) is 23.1. The Morgan fingerprint density at radius 2 is 1.18 bits per heavy atom. The van der Waals surface area contributed by atoms with Gasteiger partial charge >= 0.3 is 49.7 Å². The van der Waals surface area contributed by atoms with Crippen molar-refractivity contribution in [2.45, 2.75) is 85.5 Å². The van der Waals surface area contributed by atoms with Crippen LogP contribution in [0.1, 0.15) is 88.3 Å². The Morgan fingerprint density at radius 1 is 0.818 bits per heavy atom. The van der Waals surface area contributed by atoms with Gasteiger partial charge in [-0.3, -0.25) is 9.59 Å². The van der Waals surface area contributed by atoms with E-state index in [1.165, 1.54) is 25.7 Å². The first-order chi connectivity index (χ1) is 9.70. The predicted octanol–water partition coefficient (Wildman–Crippen LogP) is 4.56. The smallest absolute Gasteiger partial charge is 1.00 e. The van der Waals surface area contributed by atoms with Gasteiger partial charge in [-0.15, -0.1) is 0 Å². The summed E-state index contributed by atoms with van der Waals surface area (Å²) >= 11 is 0. The Hall–Kier alpha value is 0.200. The summed E-state index contributed by atoms with van der Waals surface area (Å²) in [6.45, 7) is 7.27. The molecule has 0 aromatic carbocycles. The third kappa shape index (κ3) is 7.18. The maximum absolute atomic E-state index is 11.6. The molecule has 0 rings (SSSR count). The van der Waals surface area contributed by atoms with Crippen LogP contribution in [0.4, 0.5) is 0 Å². The second kappa shape index (κ2) is 11.7. The summed E-state index contributed by atoms with van der Waals surface area (Å²) < 4.78 is 0. The summed E-state index contributed by atoms with van der Waals surface area (Å²) in [5.41, 5.74) is -2.49. The van der Waals surface area contributed by atoms with E-state index in [-0.39, 0.29) is 47.0 Å². The first-order valence-corrected chi connectivity index (χ1v) is 8.17. The van der Waals surface area contributed by atoms with Crippen molar-refractivity contribution in [2.75, 3.05) is 0 Å². The van der Waals surface area contributed by atoms with Gasteiger partial charge in [-0.1, -0.05) is 79.1 Å². The summed E-state index contributed by atoms with van der Waals surface area (Å²) in [6, 6.07) is 0. The van der Waals surface area contributed by atoms with Gasteiger partial charge in [0.05, 0.1) is 0 Å². The number of rotatable bonds is 11. The van der Waals surface area contributed by atoms with Crippen LogP contribution in [0.25, 0.3) is 0 Å². The fourth-order valence-corrected chi connectivity index (χ4v) is 2.85. The molecule has 0 aromatic rings. The van der Waals surface area contributed by atoms with E-state index in [0.29, 0.717) is 6.42 Å². The molecule has 0 unspecified atom stereocenters. The maximum Gasteiger partial charge on any atom is 2.00 e. The van der Waals surface area contributed by atoms with E-state index in [2.05, 4.69) is 6.92 Å². The van der Waals surface area contributed by atoms with Crippen LogP contribution in [-0.2, 0) is 9.59 Å². The molecule has 0 aromatic heterocycles. The zero-order valence-electron chi connectivity index (χ0n) is 16.8. The van der Waals surface area contributed by atoms with Crippen molar-refractivity contribution < 1.29 is 22.7 Å². The van der Waals surface area contributed by atoms with E-state index in [9.17, 15) is 19.8 Å². The summed E-state index contributed by atoms with van der Waals surface area (Å²) in [5, 5.41) is 18.9. The molecule has 0 saturated heterocycles. The van der Waals surface area contributed by atoms with Crippen LogP contribution in [-0.4, -0.2) is 59.9 Å². The second-order valence-electron chi connectivity index (χ2n) is 6.99. The van der Waals surface area contributed by atoms with Crippen molar-refractivity contribution in [3.05, 3.63) is 0 Å². The SMILES string of the molecule is CCCCCCCCCCC(C(=O)O)(C(=O)O)C(C)(C)C.[Ca+2].[H-].[H-]. The average Bonchev–Trinajstić information content (AvgIpc) is 2.34. The van der Waals surface area contributed by atoms with Gasteiger partial charge in [0.1, 0.15) is 0 Å². The van der Waals surface area contributed by atoms with Crippen LogP contribution < -0.4 is 0 Å². The van der Waals surface area contributed by atoms with Gasteiger partial charge < -0.3 is 13.1 Å². The summed E-state index contributed by atoms with van der Waals surface area (Å²) in [6.07, 6.45) is 8.95. The zero-order chi connectivity index (χ0) is 16.5. The Balaban J connectivity index is -0.000000667. The molecule has 22 heavy (non-hydrogen) atoms. The molecule has 0 saturated carbocycles. The molecule has 4 nitrogen and oxygen atoms in total. The van der Waals surface area contributed by atoms with Gasteiger partial charge in [0, 0.05) is 0 Å². The molecule has 0 radical (unpaired) electrons. The van der Waals surface area contributed by atoms with Crippen LogP contribution in [0.15, 0.2) is 0 Å². The fourth-order valence-electron chi connectivity index (χ4n) is 2.85. The van der Waals surface area contributed by atoms with Gasteiger partial charge in [0.15, 0.2) is 5.41 Å². The summed E-state index contributed by atoms with van der Waals surface area (Å²) in [7, 11) is 0. The van der Waals surface area contributed by atoms with Crippen molar-refractivity contribution >= 4 is 49.7 Å². The van der Waals surface area contributed by atoms with Crippen molar-refractivity contribution in [2.24, 2.45) is 10.8 Å². The number of aliphatic carboxylic acids is 2. The standard InChI is InChI=1S/C17H32O4.Ca.2H/c1-5-6-7-8-9-10-11-12-13-17(14(18)19,15(20)21)16(2,3)4;;;/h5-13H2,1-4H3,(H,18,19)(H,20,21);;;/q;+2;2*-1. The third-order valence-electron chi connectivity index (χ3n) is 4.42. The molecular formula is C17H34CaO4. The minimum atomic E-state index is -1.69. The van der Waals surface area contributed by atoms with E-state index in [1.54, 1.807) is 20.8 Å². The minimum absolute atomic E-state index is 0. The number of carbonyl (C=O) groups is 2. The Kier molecular flexibility index (Phi) is 13.0. The number of unbranched alkanes of at least 4 members (excludes halogenated alkanes) is 7. The zero-order valence-corrected chi connectivity index (χ0v) is 17.0. The maximum atomic E-state index is 11.6. The van der Waals surface area contributed by atoms with Gasteiger partial charge in [-0.05, 0) is 11.8 Å². The monoisotopic (exact) mass is 342 g/mol. The Morgan fingerprint density at radius 3 is 1.50 bits per heavy atom. The molecule has 0 spiro atoms. The average molecular weight is 343 g/mol. The first-order valence-electron chi connectivity index (χ1n) is 8.17. The van der Waals surface area contributed by atoms with E-state index in [0.717, 1.165) is 19.3 Å². The van der Waals surface area contributed by atoms with Crippen LogP contribution in [0.2, 0.25) is 0 Å². The Bertz CT molecular complexity index is 330. The van der Waals surface area contributed by atoms with Gasteiger partial charge in [0.2, 0.25) is 0 Å². The van der Waals surface area contributed by atoms with Crippen LogP contribution in [0.5, 0.6) is 0 Å². The predicted molar refractivity (Wildman–Crippen MR) is 92.4 cm³/mol. The largest absolute Gasteiger partial charge is 2.00 e. The third-order valence-corrected chi connectivity index (χ3v) is 4.42. The molecule has 5 heteroatoms. The van der Waals surface area contributed by atoms with Gasteiger partial charge in [-0.25, -0.2) is 0 Å². The van der Waals surface area contributed by atoms with Crippen molar-refractivity contribution in [1.82, 2.24) is 0 Å². The molecule has 0 aliphatic rings. The van der Waals surface area contributed by atoms with Crippen LogP contribution in [0, 0.1) is 10.8 Å². The molecule has 0 atom stereocenters. The molecule has 0 heterocycles. The van der Waals surface area contributed by atoms with E-state index < -0.39 is 22.8 Å². The molecule has 0 amide bonds. The number of hydrogen-bond acceptors (Lipinski definition) is 2.